The average molecular weight is 547 g/mol. The summed E-state index contributed by atoms with van der Waals surface area (Å²) in [4.78, 5) is 53.0. The minimum Gasteiger partial charge on any atom is -0.456 e. The van der Waals surface area contributed by atoms with Crippen LogP contribution in [-0.4, -0.2) is 28.9 Å². The summed E-state index contributed by atoms with van der Waals surface area (Å²) < 4.78 is 5.41. The zero-order valence-electron chi connectivity index (χ0n) is 21.7. The van der Waals surface area contributed by atoms with Crippen molar-refractivity contribution in [3.05, 3.63) is 129 Å². The van der Waals surface area contributed by atoms with Crippen molar-refractivity contribution in [3.8, 4) is 0 Å². The third-order valence-corrected chi connectivity index (χ3v) is 8.40. The van der Waals surface area contributed by atoms with E-state index in [2.05, 4.69) is 10.5 Å². The Hall–Kier alpha value is -5.38. The number of hydrazone groups is 1. The zero-order valence-corrected chi connectivity index (χ0v) is 21.7. The number of benzene rings is 3. The summed E-state index contributed by atoms with van der Waals surface area (Å²) in [6, 6.07) is 24.0. The number of nitro groups is 1. The Morgan fingerprint density at radius 1 is 0.951 bits per heavy atom. The second kappa shape index (κ2) is 8.82. The van der Waals surface area contributed by atoms with E-state index in [4.69, 9.17) is 4.42 Å². The van der Waals surface area contributed by atoms with Gasteiger partial charge in [0, 0.05) is 24.3 Å². The molecule has 41 heavy (non-hydrogen) atoms. The Morgan fingerprint density at radius 2 is 1.59 bits per heavy atom. The first-order valence-electron chi connectivity index (χ1n) is 13.0. The molecule has 8 rings (SSSR count). The number of nitrogens with zero attached hydrogens (tertiary/aromatic N) is 3. The summed E-state index contributed by atoms with van der Waals surface area (Å²) in [5, 5.41) is 15.6. The lowest BCUT2D eigenvalue weighted by atomic mass is 9.47. The fourth-order valence-electron chi connectivity index (χ4n) is 6.83. The van der Waals surface area contributed by atoms with Crippen LogP contribution in [0, 0.1) is 28.9 Å². The Kier molecular flexibility index (Phi) is 5.30. The lowest BCUT2D eigenvalue weighted by molar-refractivity contribution is -0.384. The molecule has 0 radical (unpaired) electrons. The van der Waals surface area contributed by atoms with E-state index in [9.17, 15) is 24.5 Å². The molecule has 2 bridgehead atoms. The highest BCUT2D eigenvalue weighted by Gasteiger charge is 2.68. The molecule has 1 fully saturated rings. The number of hydrogen-bond donors (Lipinski definition) is 1. The van der Waals surface area contributed by atoms with Crippen molar-refractivity contribution >= 4 is 35.3 Å². The number of amides is 3. The first kappa shape index (κ1) is 24.6. The molecular weight excluding hydrogens is 524 g/mol. The summed E-state index contributed by atoms with van der Waals surface area (Å²) in [5.74, 6) is -2.64. The van der Waals surface area contributed by atoms with Crippen LogP contribution in [0.3, 0.4) is 0 Å². The first-order valence-corrected chi connectivity index (χ1v) is 13.0. The van der Waals surface area contributed by atoms with Gasteiger partial charge in [-0.3, -0.25) is 24.5 Å². The molecule has 2 heterocycles. The van der Waals surface area contributed by atoms with Crippen LogP contribution in [-0.2, 0) is 15.0 Å². The summed E-state index contributed by atoms with van der Waals surface area (Å²) in [5.41, 5.74) is 4.99. The van der Waals surface area contributed by atoms with E-state index in [0.717, 1.165) is 27.2 Å². The predicted octanol–water partition coefficient (Wildman–Crippen LogP) is 4.46. The second-order valence-electron chi connectivity index (χ2n) is 10.4. The quantitative estimate of drug-likeness (QED) is 0.170. The van der Waals surface area contributed by atoms with Crippen molar-refractivity contribution in [2.75, 3.05) is 4.90 Å². The van der Waals surface area contributed by atoms with Crippen LogP contribution < -0.4 is 10.3 Å². The van der Waals surface area contributed by atoms with Gasteiger partial charge < -0.3 is 4.42 Å². The number of furan rings is 1. The van der Waals surface area contributed by atoms with Gasteiger partial charge in [0.1, 0.15) is 5.76 Å². The number of carbonyl (C=O) groups is 3. The molecule has 3 amide bonds. The Bertz CT molecular complexity index is 1760. The van der Waals surface area contributed by atoms with Crippen molar-refractivity contribution in [2.24, 2.45) is 16.9 Å². The number of imide groups is 1. The van der Waals surface area contributed by atoms with Crippen LogP contribution in [0.1, 0.15) is 44.5 Å². The molecule has 2 atom stereocenters. The average Bonchev–Trinajstić information content (AvgIpc) is 3.54. The standard InChI is InChI=1S/C31H22N4O6/c1-17-10-15-24(41-17)28(36)33-32-16-31-22-8-4-2-6-20(22)25(21-7-3-5-9-23(21)31)26-27(31)30(38)34(29(26)37)18-11-13-19(14-12-18)35(39)40/h2-16,25-27H,1H3,(H,33,36)/b32-16-/t25?,26-,27+,31?/m1/s1. The van der Waals surface area contributed by atoms with Crippen molar-refractivity contribution < 1.29 is 23.7 Å². The molecule has 202 valence electrons. The lowest BCUT2D eigenvalue weighted by Crippen LogP contribution is -2.54. The van der Waals surface area contributed by atoms with E-state index in [1.54, 1.807) is 25.3 Å². The summed E-state index contributed by atoms with van der Waals surface area (Å²) in [6.45, 7) is 1.73. The highest BCUT2D eigenvalue weighted by molar-refractivity contribution is 6.25. The molecule has 1 N–H and O–H groups in total. The summed E-state index contributed by atoms with van der Waals surface area (Å²) in [6.07, 6.45) is 1.57. The van der Waals surface area contributed by atoms with Crippen LogP contribution >= 0.6 is 0 Å². The van der Waals surface area contributed by atoms with Gasteiger partial charge in [0.15, 0.2) is 5.76 Å². The maximum absolute atomic E-state index is 14.3. The second-order valence-corrected chi connectivity index (χ2v) is 10.4. The molecule has 3 aromatic carbocycles. The number of anilines is 1. The smallest absolute Gasteiger partial charge is 0.307 e. The van der Waals surface area contributed by atoms with Gasteiger partial charge in [-0.15, -0.1) is 0 Å². The molecule has 10 nitrogen and oxygen atoms in total. The minimum atomic E-state index is -1.17. The number of nitrogens with one attached hydrogen (secondary N) is 1. The SMILES string of the molecule is Cc1ccc(C(=O)N/N=C\C23c4ccccc4C(c4ccccc42)[C@H]2C(=O)N(c4ccc([N+](=O)[O-])cc4)C(=O)[C@H]23)o1. The topological polar surface area (TPSA) is 135 Å². The fourth-order valence-corrected chi connectivity index (χ4v) is 6.83. The number of hydrogen-bond acceptors (Lipinski definition) is 7. The van der Waals surface area contributed by atoms with Gasteiger partial charge in [-0.1, -0.05) is 48.5 Å². The van der Waals surface area contributed by atoms with Gasteiger partial charge in [0.05, 0.1) is 27.9 Å². The molecule has 4 aliphatic rings. The minimum absolute atomic E-state index is 0.0969. The van der Waals surface area contributed by atoms with Crippen LogP contribution in [0.15, 0.2) is 94.4 Å². The molecule has 10 heteroatoms. The van der Waals surface area contributed by atoms with Gasteiger partial charge in [0.25, 0.3) is 5.69 Å². The van der Waals surface area contributed by atoms with Crippen LogP contribution in [0.2, 0.25) is 0 Å². The Balaban J connectivity index is 1.39. The molecule has 4 aromatic rings. The Labute approximate surface area is 233 Å². The van der Waals surface area contributed by atoms with Gasteiger partial charge in [-0.25, -0.2) is 10.3 Å². The number of carbonyl (C=O) groups excluding carboxylic acids is 3. The van der Waals surface area contributed by atoms with Gasteiger partial charge >= 0.3 is 5.91 Å². The largest absolute Gasteiger partial charge is 0.456 e. The molecule has 1 aliphatic heterocycles. The van der Waals surface area contributed by atoms with E-state index >= 15 is 0 Å². The number of nitro benzene ring substituents is 1. The van der Waals surface area contributed by atoms with Gasteiger partial charge in [-0.05, 0) is 53.4 Å². The predicted molar refractivity (Wildman–Crippen MR) is 147 cm³/mol. The normalized spacial score (nSPS) is 23.8. The van der Waals surface area contributed by atoms with E-state index in [1.165, 1.54) is 24.3 Å². The maximum Gasteiger partial charge on any atom is 0.307 e. The number of non-ortho nitro benzene ring substituents is 1. The third-order valence-electron chi connectivity index (χ3n) is 8.40. The van der Waals surface area contributed by atoms with E-state index in [1.807, 2.05) is 48.5 Å². The van der Waals surface area contributed by atoms with Crippen molar-refractivity contribution in [1.29, 1.82) is 0 Å². The van der Waals surface area contributed by atoms with Crippen LogP contribution in [0.25, 0.3) is 0 Å². The fraction of sp³-hybridized carbons (Fsp3) is 0.161. The first-order chi connectivity index (χ1) is 19.8. The van der Waals surface area contributed by atoms with E-state index < -0.39 is 34.0 Å². The highest BCUT2D eigenvalue weighted by atomic mass is 16.6. The molecule has 0 spiro atoms. The zero-order chi connectivity index (χ0) is 28.5. The molecule has 0 saturated carbocycles. The molecule has 0 unspecified atom stereocenters. The monoisotopic (exact) mass is 546 g/mol. The van der Waals surface area contributed by atoms with E-state index in [0.29, 0.717) is 5.76 Å². The maximum atomic E-state index is 14.3. The number of aryl methyl sites for hydroxylation is 1. The molecular formula is C31H22N4O6. The highest BCUT2D eigenvalue weighted by Crippen LogP contribution is 2.63. The Morgan fingerprint density at radius 3 is 2.17 bits per heavy atom. The molecule has 1 saturated heterocycles. The molecule has 3 aliphatic carbocycles. The van der Waals surface area contributed by atoms with Gasteiger partial charge in [-0.2, -0.15) is 5.10 Å². The number of rotatable bonds is 5. The van der Waals surface area contributed by atoms with Crippen molar-refractivity contribution in [1.82, 2.24) is 5.43 Å². The van der Waals surface area contributed by atoms with Crippen LogP contribution in [0.5, 0.6) is 0 Å². The summed E-state index contributed by atoms with van der Waals surface area (Å²) >= 11 is 0. The lowest BCUT2D eigenvalue weighted by Gasteiger charge is -2.52. The van der Waals surface area contributed by atoms with Gasteiger partial charge in [0.2, 0.25) is 11.8 Å². The third kappa shape index (κ3) is 3.37. The summed E-state index contributed by atoms with van der Waals surface area (Å²) in [7, 11) is 0. The van der Waals surface area contributed by atoms with E-state index in [-0.39, 0.29) is 29.0 Å². The van der Waals surface area contributed by atoms with Crippen molar-refractivity contribution in [2.45, 2.75) is 18.3 Å². The van der Waals surface area contributed by atoms with Crippen LogP contribution in [0.4, 0.5) is 11.4 Å². The van der Waals surface area contributed by atoms with Crippen molar-refractivity contribution in [3.63, 3.8) is 0 Å². The molecule has 1 aromatic heterocycles.